The van der Waals surface area contributed by atoms with Crippen LogP contribution in [0, 0.1) is 35.0 Å². The van der Waals surface area contributed by atoms with Gasteiger partial charge in [0.1, 0.15) is 17.1 Å². The first-order chi connectivity index (χ1) is 33.5. The molecule has 0 aliphatic heterocycles. The lowest BCUT2D eigenvalue weighted by Crippen LogP contribution is -2.04. The van der Waals surface area contributed by atoms with Crippen LogP contribution in [-0.4, -0.2) is 76.3 Å². The lowest BCUT2D eigenvalue weighted by Gasteiger charge is -2.05. The molecule has 0 bridgehead atoms. The number of nitrogen functional groups attached to an aromatic ring is 2. The molecule has 0 unspecified atom stereocenters. The molecule has 0 spiro atoms. The van der Waals surface area contributed by atoms with E-state index in [0.29, 0.717) is 68.9 Å². The van der Waals surface area contributed by atoms with E-state index in [1.165, 1.54) is 6.07 Å². The van der Waals surface area contributed by atoms with Gasteiger partial charge >= 0.3 is 5.97 Å². The number of carbonyl (C=O) groups is 1. The Morgan fingerprint density at radius 2 is 1.16 bits per heavy atom. The zero-order valence-corrected chi connectivity index (χ0v) is 36.2. The number of aliphatic hydroxyl groups excluding tert-OH is 3. The van der Waals surface area contributed by atoms with Crippen LogP contribution in [0.15, 0.2) is 127 Å². The lowest BCUT2D eigenvalue weighted by atomic mass is 10.1. The van der Waals surface area contributed by atoms with E-state index in [2.05, 4.69) is 73.3 Å². The summed E-state index contributed by atoms with van der Waals surface area (Å²) in [7, 11) is 0. The van der Waals surface area contributed by atoms with Crippen molar-refractivity contribution in [1.82, 2.24) is 49.9 Å². The van der Waals surface area contributed by atoms with E-state index < -0.39 is 5.97 Å². The Hall–Kier alpha value is -10.0. The molecule has 22 heteroatoms. The summed E-state index contributed by atoms with van der Waals surface area (Å²) in [5.41, 5.74) is 27.7. The standard InChI is InChI=1S/C20H16N8O.C13H8N4.C7H6N4O2.C7H9NO2/c21-9-13-3-1-4-14(7-13)17-8-18(25-20(22)24-17)19-11-28(27-26-19)10-15-5-2-6-16(12-29)23-15;1-2-11-7-12(17-13(15)16-11)10-5-3-4-9(6-10)8-14;8-11-9-4-5-2-1-3-6(10-5)7(12)13;9-4-6-2-1-3-7(5-10)8-6/h1-8,11,29H,10,12H2,(H2,22,24,25);1,3-7H,(H2,15,16,17);1-3H,4H2,(H,12,13);1-3,9-10H,4-5H2. The topological polar surface area (TPSA) is 367 Å². The van der Waals surface area contributed by atoms with E-state index in [0.717, 1.165) is 16.8 Å². The van der Waals surface area contributed by atoms with Crippen LogP contribution in [0.5, 0.6) is 0 Å². The van der Waals surface area contributed by atoms with Crippen molar-refractivity contribution in [3.63, 3.8) is 0 Å². The molecule has 8 aromatic rings. The molecule has 22 nitrogen and oxygen atoms in total. The SMILES string of the molecule is C#Cc1cc(-c2cccc(C#N)c2)nc(N)n1.N#Cc1cccc(-c2cc(-c3cn(Cc4cccc(CO)n4)nn3)nc(N)n2)c1.OCc1cccc(CO)n1.[N-]=[N+]=NCc1cccc(C(=O)O)n1. The molecule has 69 heavy (non-hydrogen) atoms. The zero-order valence-electron chi connectivity index (χ0n) is 36.2. The summed E-state index contributed by atoms with van der Waals surface area (Å²) in [6.45, 7) is 0.199. The monoisotopic (exact) mass is 921 g/mol. The molecule has 0 amide bonds. The second-order valence-corrected chi connectivity index (χ2v) is 13.7. The van der Waals surface area contributed by atoms with E-state index in [4.69, 9.17) is 49.3 Å². The summed E-state index contributed by atoms with van der Waals surface area (Å²) >= 11 is 0. The van der Waals surface area contributed by atoms with Gasteiger partial charge in [0.05, 0.1) is 102 Å². The molecule has 8 rings (SSSR count). The maximum Gasteiger partial charge on any atom is 0.354 e. The Morgan fingerprint density at radius 1 is 0.652 bits per heavy atom. The fraction of sp³-hybridized carbons (Fsp3) is 0.106. The zero-order chi connectivity index (χ0) is 49.5. The summed E-state index contributed by atoms with van der Waals surface area (Å²) in [6.07, 6.45) is 7.01. The molecular weight excluding hydrogens is 883 g/mol. The van der Waals surface area contributed by atoms with Crippen molar-refractivity contribution in [3.8, 4) is 58.4 Å². The van der Waals surface area contributed by atoms with E-state index in [9.17, 15) is 9.90 Å². The molecule has 0 saturated carbocycles. The van der Waals surface area contributed by atoms with Crippen molar-refractivity contribution in [1.29, 1.82) is 10.5 Å². The van der Waals surface area contributed by atoms with E-state index >= 15 is 0 Å². The van der Waals surface area contributed by atoms with Crippen molar-refractivity contribution in [3.05, 3.63) is 183 Å². The second kappa shape index (κ2) is 25.5. The van der Waals surface area contributed by atoms with Crippen molar-refractivity contribution in [2.24, 2.45) is 5.11 Å². The summed E-state index contributed by atoms with van der Waals surface area (Å²) in [5, 5.41) is 64.5. The predicted octanol–water partition coefficient (Wildman–Crippen LogP) is 5.03. The number of nitrogens with two attached hydrogens (primary N) is 2. The fourth-order valence-corrected chi connectivity index (χ4v) is 5.79. The molecule has 6 aromatic heterocycles. The molecule has 0 aliphatic carbocycles. The normalized spacial score (nSPS) is 9.86. The van der Waals surface area contributed by atoms with E-state index in [1.807, 2.05) is 24.3 Å². The molecule has 0 aliphatic rings. The molecular formula is C47H39N17O5. The Morgan fingerprint density at radius 3 is 1.71 bits per heavy atom. The minimum Gasteiger partial charge on any atom is -0.477 e. The maximum absolute atomic E-state index is 10.5. The van der Waals surface area contributed by atoms with Gasteiger partial charge in [-0.1, -0.05) is 58.7 Å². The summed E-state index contributed by atoms with van der Waals surface area (Å²) in [6, 6.07) is 36.9. The fourth-order valence-electron chi connectivity index (χ4n) is 5.79. The number of nitriles is 2. The largest absolute Gasteiger partial charge is 0.477 e. The Bertz CT molecular complexity index is 3210. The smallest absolute Gasteiger partial charge is 0.354 e. The van der Waals surface area contributed by atoms with Crippen molar-refractivity contribution >= 4 is 17.9 Å². The van der Waals surface area contributed by atoms with Crippen LogP contribution in [0.3, 0.4) is 0 Å². The number of nitrogens with zero attached hydrogens (tertiary/aromatic N) is 15. The van der Waals surface area contributed by atoms with Crippen LogP contribution in [-0.2, 0) is 32.9 Å². The number of azide groups is 1. The molecule has 8 N–H and O–H groups in total. The van der Waals surface area contributed by atoms with Gasteiger partial charge in [0.15, 0.2) is 0 Å². The molecule has 2 aromatic carbocycles. The summed E-state index contributed by atoms with van der Waals surface area (Å²) < 4.78 is 1.63. The van der Waals surface area contributed by atoms with Gasteiger partial charge in [0.2, 0.25) is 11.9 Å². The number of carboxylic acids is 1. The van der Waals surface area contributed by atoms with Gasteiger partial charge in [-0.2, -0.15) is 10.5 Å². The van der Waals surface area contributed by atoms with Crippen LogP contribution in [0.2, 0.25) is 0 Å². The van der Waals surface area contributed by atoms with Gasteiger partial charge in [-0.3, -0.25) is 9.97 Å². The quantitative estimate of drug-likeness (QED) is 0.0429. The number of aromatic nitrogens is 10. The third kappa shape index (κ3) is 15.3. The van der Waals surface area contributed by atoms with Gasteiger partial charge in [0.25, 0.3) is 0 Å². The first kappa shape index (κ1) is 50.0. The molecule has 0 atom stereocenters. The predicted molar refractivity (Wildman–Crippen MR) is 250 cm³/mol. The number of carboxylic acid groups (broad SMARTS) is 1. The minimum atomic E-state index is -1.09. The molecule has 0 radical (unpaired) electrons. The van der Waals surface area contributed by atoms with E-state index in [1.54, 1.807) is 95.8 Å². The second-order valence-electron chi connectivity index (χ2n) is 13.7. The number of hydrogen-bond donors (Lipinski definition) is 6. The average molecular weight is 922 g/mol. The third-order valence-electron chi connectivity index (χ3n) is 8.87. The van der Waals surface area contributed by atoms with Gasteiger partial charge in [0, 0.05) is 21.7 Å². The number of aromatic carboxylic acids is 1. The van der Waals surface area contributed by atoms with Gasteiger partial charge in [-0.05, 0) is 78.3 Å². The molecule has 6 heterocycles. The minimum absolute atomic E-state index is 0.0503. The van der Waals surface area contributed by atoms with Crippen molar-refractivity contribution < 1.29 is 25.2 Å². The third-order valence-corrected chi connectivity index (χ3v) is 8.87. The highest BCUT2D eigenvalue weighted by atomic mass is 16.4. The van der Waals surface area contributed by atoms with Crippen LogP contribution >= 0.6 is 0 Å². The molecule has 0 saturated heterocycles. The van der Waals surface area contributed by atoms with Gasteiger partial charge in [-0.15, -0.1) is 11.5 Å². The van der Waals surface area contributed by atoms with Crippen LogP contribution in [0.25, 0.3) is 44.3 Å². The number of anilines is 2. The highest BCUT2D eigenvalue weighted by molar-refractivity contribution is 5.85. The van der Waals surface area contributed by atoms with Gasteiger partial charge < -0.3 is 31.9 Å². The summed E-state index contributed by atoms with van der Waals surface area (Å²) in [4.78, 5) is 41.5. The molecule has 342 valence electrons. The maximum atomic E-state index is 10.5. The number of terminal acetylenes is 1. The number of aliphatic hydroxyl groups is 3. The number of pyridine rings is 3. The average Bonchev–Trinajstić information content (AvgIpc) is 3.86. The Balaban J connectivity index is 0.000000188. The van der Waals surface area contributed by atoms with Crippen LogP contribution < -0.4 is 11.5 Å². The number of hydrogen-bond acceptors (Lipinski definition) is 18. The van der Waals surface area contributed by atoms with Crippen molar-refractivity contribution in [2.75, 3.05) is 11.5 Å². The van der Waals surface area contributed by atoms with Crippen molar-refractivity contribution in [2.45, 2.75) is 32.9 Å². The first-order valence-corrected chi connectivity index (χ1v) is 20.1. The van der Waals surface area contributed by atoms with Crippen LogP contribution in [0.4, 0.5) is 11.9 Å². The number of rotatable bonds is 11. The highest BCUT2D eigenvalue weighted by Gasteiger charge is 2.12. The Kier molecular flexibility index (Phi) is 18.5. The summed E-state index contributed by atoms with van der Waals surface area (Å²) in [5.74, 6) is 1.54. The first-order valence-electron chi connectivity index (χ1n) is 20.1. The Labute approximate surface area is 393 Å². The van der Waals surface area contributed by atoms with Gasteiger partial charge in [-0.25, -0.2) is 34.4 Å². The lowest BCUT2D eigenvalue weighted by molar-refractivity contribution is 0.0690. The van der Waals surface area contributed by atoms with Crippen LogP contribution in [0.1, 0.15) is 55.8 Å². The molecule has 0 fully saturated rings. The number of benzene rings is 2. The highest BCUT2D eigenvalue weighted by Crippen LogP contribution is 2.24. The van der Waals surface area contributed by atoms with E-state index in [-0.39, 0.29) is 44.0 Å².